The molecular weight excluding hydrogens is 712 g/mol. The first-order valence-corrected chi connectivity index (χ1v) is 19.4. The lowest BCUT2D eigenvalue weighted by Crippen LogP contribution is -2.54. The van der Waals surface area contributed by atoms with Crippen LogP contribution in [0.1, 0.15) is 68.7 Å². The largest absolute Gasteiger partial charge is 0.446 e. The third-order valence-electron chi connectivity index (χ3n) is 9.99. The minimum absolute atomic E-state index is 0.0466. The van der Waals surface area contributed by atoms with Crippen LogP contribution in [-0.4, -0.2) is 72.6 Å². The summed E-state index contributed by atoms with van der Waals surface area (Å²) in [5, 5.41) is 4.95. The second kappa shape index (κ2) is 14.2. The first kappa shape index (κ1) is 36.8. The zero-order valence-corrected chi connectivity index (χ0v) is 29.8. The first-order valence-electron chi connectivity index (χ1n) is 17.0. The van der Waals surface area contributed by atoms with E-state index < -0.39 is 74.3 Å². The van der Waals surface area contributed by atoms with Crippen LogP contribution in [0.25, 0.3) is 10.6 Å². The van der Waals surface area contributed by atoms with Gasteiger partial charge in [-0.15, -0.1) is 11.3 Å². The summed E-state index contributed by atoms with van der Waals surface area (Å²) in [5.74, 6) is -4.28. The van der Waals surface area contributed by atoms with Crippen LogP contribution in [0.2, 0.25) is 0 Å². The van der Waals surface area contributed by atoms with Crippen molar-refractivity contribution in [2.75, 3.05) is 18.9 Å². The lowest BCUT2D eigenvalue weighted by Gasteiger charge is -2.26. The van der Waals surface area contributed by atoms with Crippen molar-refractivity contribution in [3.63, 3.8) is 0 Å². The second-order valence-corrected chi connectivity index (χ2v) is 16.8. The van der Waals surface area contributed by atoms with Crippen LogP contribution in [0, 0.1) is 17.8 Å². The molecular formula is C34H40F3N5O7S2. The van der Waals surface area contributed by atoms with E-state index >= 15 is 0 Å². The molecule has 51 heavy (non-hydrogen) atoms. The van der Waals surface area contributed by atoms with Crippen LogP contribution in [0.4, 0.5) is 23.7 Å². The number of halogens is 3. The molecule has 6 rings (SSSR count). The highest BCUT2D eigenvalue weighted by molar-refractivity contribution is 7.91. The van der Waals surface area contributed by atoms with Crippen molar-refractivity contribution in [3.05, 3.63) is 47.0 Å². The van der Waals surface area contributed by atoms with E-state index in [0.717, 1.165) is 23.4 Å². The van der Waals surface area contributed by atoms with E-state index in [0.29, 0.717) is 43.7 Å². The van der Waals surface area contributed by atoms with E-state index in [1.807, 2.05) is 19.1 Å². The fourth-order valence-electron chi connectivity index (χ4n) is 6.79. The maximum absolute atomic E-state index is 14.0. The molecule has 12 nitrogen and oxygen atoms in total. The van der Waals surface area contributed by atoms with Gasteiger partial charge in [0.05, 0.1) is 28.3 Å². The molecule has 0 radical (unpaired) electrons. The monoisotopic (exact) mass is 751 g/mol. The number of carbonyl (C=O) groups excluding carboxylic acids is 4. The smallest absolute Gasteiger partial charge is 0.416 e. The second-order valence-electron chi connectivity index (χ2n) is 13.7. The lowest BCUT2D eigenvalue weighted by atomic mass is 9.93. The van der Waals surface area contributed by atoms with E-state index in [1.165, 1.54) is 22.3 Å². The van der Waals surface area contributed by atoms with Gasteiger partial charge in [-0.2, -0.15) is 13.2 Å². The fourth-order valence-corrected chi connectivity index (χ4v) is 9.04. The SMILES string of the molecule is CCc1cnc(-c2ccc(C(F)(F)F)cc2NC(=O)O[C@@H]2C[C@H]3C(=O)N[C@]4(C(=O)NS(=O)(=O)C5CC5)C[C@H]4/C=C\CCCCN(C)C(=O)[C@@H]3C2)s1. The van der Waals surface area contributed by atoms with E-state index in [2.05, 4.69) is 20.3 Å². The number of sulfonamides is 1. The quantitative estimate of drug-likeness (QED) is 0.333. The van der Waals surface area contributed by atoms with Gasteiger partial charge in [-0.3, -0.25) is 24.4 Å². The molecule has 4 amide bonds. The molecule has 0 bridgehead atoms. The molecule has 0 saturated heterocycles. The van der Waals surface area contributed by atoms with Crippen LogP contribution < -0.4 is 15.4 Å². The van der Waals surface area contributed by atoms with Gasteiger partial charge in [0, 0.05) is 36.1 Å². The Morgan fingerprint density at radius 3 is 2.59 bits per heavy atom. The van der Waals surface area contributed by atoms with Crippen LogP contribution in [-0.2, 0) is 41.7 Å². The fraction of sp³-hybridized carbons (Fsp3) is 0.559. The Labute approximate surface area is 297 Å². The van der Waals surface area contributed by atoms with Crippen molar-refractivity contribution in [1.29, 1.82) is 0 Å². The summed E-state index contributed by atoms with van der Waals surface area (Å²) in [6.45, 7) is 2.34. The first-order chi connectivity index (χ1) is 24.1. The minimum Gasteiger partial charge on any atom is -0.446 e. The lowest BCUT2D eigenvalue weighted by molar-refractivity contribution is -0.140. The van der Waals surface area contributed by atoms with Gasteiger partial charge < -0.3 is 15.0 Å². The number of nitrogens with one attached hydrogen (secondary N) is 3. The number of aryl methyl sites for hydroxylation is 1. The number of nitrogens with zero attached hydrogens (tertiary/aromatic N) is 2. The summed E-state index contributed by atoms with van der Waals surface area (Å²) < 4.78 is 74.1. The predicted molar refractivity (Wildman–Crippen MR) is 182 cm³/mol. The molecule has 3 fully saturated rings. The topological polar surface area (TPSA) is 164 Å². The molecule has 1 aliphatic heterocycles. The number of benzene rings is 1. The van der Waals surface area contributed by atoms with Crippen LogP contribution in [0.5, 0.6) is 0 Å². The molecule has 0 spiro atoms. The summed E-state index contributed by atoms with van der Waals surface area (Å²) in [6, 6.07) is 2.94. The average Bonchev–Trinajstić information content (AvgIpc) is 3.95. The highest BCUT2D eigenvalue weighted by Gasteiger charge is 2.62. The number of alkyl halides is 3. The maximum Gasteiger partial charge on any atom is 0.416 e. The van der Waals surface area contributed by atoms with Crippen LogP contribution in [0.15, 0.2) is 36.5 Å². The molecule has 4 aliphatic rings. The van der Waals surface area contributed by atoms with E-state index in [-0.39, 0.29) is 36.4 Å². The number of allylic oxidation sites excluding steroid dienone is 1. The number of thiazole rings is 1. The Hall–Kier alpha value is -3.99. The number of aromatic nitrogens is 1. The number of carbonyl (C=O) groups is 4. The minimum atomic E-state index is -4.69. The van der Waals surface area contributed by atoms with E-state index in [4.69, 9.17) is 4.74 Å². The number of ether oxygens (including phenoxy) is 1. The molecule has 5 atom stereocenters. The number of fused-ring (bicyclic) bond motifs is 2. The van der Waals surface area contributed by atoms with E-state index in [1.54, 1.807) is 13.2 Å². The van der Waals surface area contributed by atoms with Crippen molar-refractivity contribution < 1.29 is 45.5 Å². The van der Waals surface area contributed by atoms with Gasteiger partial charge >= 0.3 is 12.3 Å². The molecule has 0 unspecified atom stereocenters. The summed E-state index contributed by atoms with van der Waals surface area (Å²) in [4.78, 5) is 61.1. The molecule has 3 saturated carbocycles. The van der Waals surface area contributed by atoms with Gasteiger partial charge in [0.25, 0.3) is 5.91 Å². The van der Waals surface area contributed by atoms with E-state index in [9.17, 15) is 40.8 Å². The summed E-state index contributed by atoms with van der Waals surface area (Å²) in [6.07, 6.45) is 2.23. The zero-order chi connectivity index (χ0) is 36.7. The van der Waals surface area contributed by atoms with Crippen molar-refractivity contribution >= 4 is 50.9 Å². The number of rotatable bonds is 7. The number of amides is 4. The predicted octanol–water partition coefficient (Wildman–Crippen LogP) is 5.02. The standard InChI is InChI=1S/C34H40F3N5O7S2/c1-3-22-18-38-29(50-22)24-12-9-19(34(35,36)37)14-27(24)39-32(46)49-21-15-25-26(16-21)30(44)42(2)13-7-5-4-6-8-20-17-33(20,40-28(25)43)31(45)41-51(47,48)23-10-11-23/h6,8-9,12,14,18,20-21,23,25-26H,3-5,7,10-11,13,15-17H2,1-2H3,(H,39,46)(H,40,43)(H,41,45)/b8-6-/t20-,21-,25-,26-,33-/m1/s1. The summed E-state index contributed by atoms with van der Waals surface area (Å²) in [5.41, 5.74) is -2.41. The zero-order valence-electron chi connectivity index (χ0n) is 28.1. The Bertz CT molecular complexity index is 1840. The third-order valence-corrected chi connectivity index (χ3v) is 13.0. The van der Waals surface area contributed by atoms with Crippen molar-refractivity contribution in [3.8, 4) is 10.6 Å². The summed E-state index contributed by atoms with van der Waals surface area (Å²) >= 11 is 1.28. The number of hydrogen-bond acceptors (Lipinski definition) is 9. The van der Waals surface area contributed by atoms with Gasteiger partial charge in [-0.25, -0.2) is 18.2 Å². The molecule has 1 aromatic heterocycles. The maximum atomic E-state index is 14.0. The average molecular weight is 752 g/mol. The Morgan fingerprint density at radius 1 is 1.16 bits per heavy atom. The third kappa shape index (κ3) is 8.08. The molecule has 1 aromatic carbocycles. The number of hydrogen-bond donors (Lipinski definition) is 3. The molecule has 276 valence electrons. The van der Waals surface area contributed by atoms with Crippen molar-refractivity contribution in [2.45, 2.75) is 87.8 Å². The Balaban J connectivity index is 1.22. The highest BCUT2D eigenvalue weighted by atomic mass is 32.2. The Morgan fingerprint density at radius 2 is 1.90 bits per heavy atom. The molecule has 3 aliphatic carbocycles. The molecule has 3 N–H and O–H groups in total. The van der Waals surface area contributed by atoms with Crippen molar-refractivity contribution in [2.24, 2.45) is 17.8 Å². The summed E-state index contributed by atoms with van der Waals surface area (Å²) in [7, 11) is -2.29. The Kier molecular flexibility index (Phi) is 10.2. The van der Waals surface area contributed by atoms with Gasteiger partial charge in [-0.05, 0) is 76.0 Å². The van der Waals surface area contributed by atoms with Crippen LogP contribution in [0.3, 0.4) is 0 Å². The number of anilines is 1. The van der Waals surface area contributed by atoms with Gasteiger partial charge in [0.1, 0.15) is 16.7 Å². The normalized spacial score (nSPS) is 27.7. The molecule has 2 aromatic rings. The van der Waals surface area contributed by atoms with Crippen LogP contribution >= 0.6 is 11.3 Å². The highest BCUT2D eigenvalue weighted by Crippen LogP contribution is 2.47. The van der Waals surface area contributed by atoms with Gasteiger partial charge in [-0.1, -0.05) is 19.1 Å². The van der Waals surface area contributed by atoms with Gasteiger partial charge in [0.15, 0.2) is 0 Å². The molecule has 2 heterocycles. The van der Waals surface area contributed by atoms with Gasteiger partial charge in [0.2, 0.25) is 21.8 Å². The molecule has 17 heteroatoms. The van der Waals surface area contributed by atoms with Crippen molar-refractivity contribution in [1.82, 2.24) is 19.9 Å².